The molecule has 0 radical (unpaired) electrons. The molecule has 0 spiro atoms. The Morgan fingerprint density at radius 2 is 1.91 bits per heavy atom. The standard InChI is InChI=1S/C14H23N5O2S/c1-9-5-4-6-10(2)19(9)13(21)8-22-14-17-16-11(3)18(14)7-12(15)20/h9-10H,4-8H2,1-3H3,(H2,15,20). The molecule has 1 saturated heterocycles. The fourth-order valence-corrected chi connectivity index (χ4v) is 3.77. The molecule has 0 aliphatic carbocycles. The predicted octanol–water partition coefficient (Wildman–Crippen LogP) is 0.953. The molecule has 2 rings (SSSR count). The van der Waals surface area contributed by atoms with Gasteiger partial charge in [-0.2, -0.15) is 0 Å². The van der Waals surface area contributed by atoms with Gasteiger partial charge in [-0.3, -0.25) is 14.2 Å². The lowest BCUT2D eigenvalue weighted by Gasteiger charge is -2.39. The van der Waals surface area contributed by atoms with Gasteiger partial charge in [-0.05, 0) is 40.0 Å². The summed E-state index contributed by atoms with van der Waals surface area (Å²) in [6.45, 7) is 5.98. The van der Waals surface area contributed by atoms with Crippen LogP contribution in [0.1, 0.15) is 38.9 Å². The number of hydrogen-bond acceptors (Lipinski definition) is 5. The van der Waals surface area contributed by atoms with Crippen molar-refractivity contribution in [3.05, 3.63) is 5.82 Å². The summed E-state index contributed by atoms with van der Waals surface area (Å²) in [5, 5.41) is 8.53. The normalized spacial score (nSPS) is 21.9. The van der Waals surface area contributed by atoms with Gasteiger partial charge in [0.1, 0.15) is 12.4 Å². The number of amides is 2. The second-order valence-electron chi connectivity index (χ2n) is 5.80. The average molecular weight is 325 g/mol. The van der Waals surface area contributed by atoms with Gasteiger partial charge < -0.3 is 10.6 Å². The van der Waals surface area contributed by atoms with Crippen LogP contribution in [0.5, 0.6) is 0 Å². The number of carbonyl (C=O) groups is 2. The van der Waals surface area contributed by atoms with Crippen LogP contribution in [0.3, 0.4) is 0 Å². The summed E-state index contributed by atoms with van der Waals surface area (Å²) < 4.78 is 1.64. The topological polar surface area (TPSA) is 94.1 Å². The summed E-state index contributed by atoms with van der Waals surface area (Å²) in [5.74, 6) is 0.574. The number of piperidine rings is 1. The summed E-state index contributed by atoms with van der Waals surface area (Å²) in [5.41, 5.74) is 5.23. The van der Waals surface area contributed by atoms with Crippen molar-refractivity contribution in [2.24, 2.45) is 5.73 Å². The van der Waals surface area contributed by atoms with E-state index in [0.29, 0.717) is 16.7 Å². The largest absolute Gasteiger partial charge is 0.368 e. The fourth-order valence-electron chi connectivity index (χ4n) is 2.92. The van der Waals surface area contributed by atoms with E-state index in [1.54, 1.807) is 11.5 Å². The number of primary amides is 1. The number of thioether (sulfide) groups is 1. The monoisotopic (exact) mass is 325 g/mol. The van der Waals surface area contributed by atoms with Crippen molar-refractivity contribution in [1.82, 2.24) is 19.7 Å². The van der Waals surface area contributed by atoms with Crippen LogP contribution in [0, 0.1) is 6.92 Å². The summed E-state index contributed by atoms with van der Waals surface area (Å²) >= 11 is 1.31. The van der Waals surface area contributed by atoms with E-state index < -0.39 is 5.91 Å². The van der Waals surface area contributed by atoms with Gasteiger partial charge in [-0.25, -0.2) is 0 Å². The Morgan fingerprint density at radius 3 is 2.50 bits per heavy atom. The van der Waals surface area contributed by atoms with E-state index in [0.717, 1.165) is 12.8 Å². The number of rotatable bonds is 5. The zero-order chi connectivity index (χ0) is 16.3. The Labute approximate surface area is 134 Å². The summed E-state index contributed by atoms with van der Waals surface area (Å²) in [6.07, 6.45) is 3.28. The maximum absolute atomic E-state index is 12.5. The van der Waals surface area contributed by atoms with E-state index >= 15 is 0 Å². The van der Waals surface area contributed by atoms with Crippen LogP contribution in [-0.2, 0) is 16.1 Å². The molecule has 22 heavy (non-hydrogen) atoms. The molecule has 1 aromatic rings. The Hall–Kier alpha value is -1.57. The van der Waals surface area contributed by atoms with E-state index in [1.165, 1.54) is 18.2 Å². The maximum Gasteiger partial charge on any atom is 0.237 e. The van der Waals surface area contributed by atoms with Gasteiger partial charge in [0.15, 0.2) is 5.16 Å². The molecule has 8 heteroatoms. The predicted molar refractivity (Wildman–Crippen MR) is 84.3 cm³/mol. The number of nitrogens with two attached hydrogens (primary N) is 1. The molecule has 1 fully saturated rings. The van der Waals surface area contributed by atoms with E-state index in [9.17, 15) is 9.59 Å². The van der Waals surface area contributed by atoms with Gasteiger partial charge in [-0.15, -0.1) is 10.2 Å². The first-order valence-corrected chi connectivity index (χ1v) is 8.50. The number of aromatic nitrogens is 3. The minimum atomic E-state index is -0.450. The van der Waals surface area contributed by atoms with Gasteiger partial charge >= 0.3 is 0 Å². The highest BCUT2D eigenvalue weighted by molar-refractivity contribution is 7.99. The molecule has 1 aromatic heterocycles. The second-order valence-corrected chi connectivity index (χ2v) is 6.74. The molecule has 1 aliphatic rings. The summed E-state index contributed by atoms with van der Waals surface area (Å²) in [7, 11) is 0. The first kappa shape index (κ1) is 16.8. The van der Waals surface area contributed by atoms with Crippen LogP contribution in [0.4, 0.5) is 0 Å². The lowest BCUT2D eigenvalue weighted by molar-refractivity contribution is -0.134. The molecule has 2 unspecified atom stereocenters. The molecule has 2 amide bonds. The average Bonchev–Trinajstić information content (AvgIpc) is 2.77. The molecule has 7 nitrogen and oxygen atoms in total. The minimum Gasteiger partial charge on any atom is -0.368 e. The molecule has 2 atom stereocenters. The molecular formula is C14H23N5O2S. The molecular weight excluding hydrogens is 302 g/mol. The highest BCUT2D eigenvalue weighted by Gasteiger charge is 2.29. The van der Waals surface area contributed by atoms with Crippen LogP contribution in [0.15, 0.2) is 5.16 Å². The highest BCUT2D eigenvalue weighted by Crippen LogP contribution is 2.25. The van der Waals surface area contributed by atoms with Gasteiger partial charge in [0, 0.05) is 12.1 Å². The Balaban J connectivity index is 2.00. The SMILES string of the molecule is Cc1nnc(SCC(=O)N2C(C)CCCC2C)n1CC(N)=O. The van der Waals surface area contributed by atoms with Crippen molar-refractivity contribution >= 4 is 23.6 Å². The smallest absolute Gasteiger partial charge is 0.237 e. The number of carbonyl (C=O) groups excluding carboxylic acids is 2. The highest BCUT2D eigenvalue weighted by atomic mass is 32.2. The Bertz CT molecular complexity index is 549. The first-order chi connectivity index (χ1) is 10.4. The van der Waals surface area contributed by atoms with Crippen molar-refractivity contribution in [2.45, 2.75) is 63.8 Å². The number of aryl methyl sites for hydroxylation is 1. The molecule has 2 N–H and O–H groups in total. The van der Waals surface area contributed by atoms with Crippen LogP contribution in [-0.4, -0.2) is 49.3 Å². The molecule has 0 aromatic carbocycles. The quantitative estimate of drug-likeness (QED) is 0.814. The Morgan fingerprint density at radius 1 is 1.27 bits per heavy atom. The molecule has 122 valence electrons. The summed E-state index contributed by atoms with van der Waals surface area (Å²) in [6, 6.07) is 0.559. The lowest BCUT2D eigenvalue weighted by Crippen LogP contribution is -2.48. The van der Waals surface area contributed by atoms with Crippen molar-refractivity contribution in [1.29, 1.82) is 0 Å². The van der Waals surface area contributed by atoms with Crippen LogP contribution >= 0.6 is 11.8 Å². The Kier molecular flexibility index (Phi) is 5.44. The van der Waals surface area contributed by atoms with E-state index in [4.69, 9.17) is 5.73 Å². The van der Waals surface area contributed by atoms with Gasteiger partial charge in [-0.1, -0.05) is 11.8 Å². The van der Waals surface area contributed by atoms with Crippen molar-refractivity contribution in [2.75, 3.05) is 5.75 Å². The minimum absolute atomic E-state index is 0.0336. The second kappa shape index (κ2) is 7.13. The molecule has 1 aliphatic heterocycles. The van der Waals surface area contributed by atoms with E-state index in [-0.39, 0.29) is 24.5 Å². The van der Waals surface area contributed by atoms with Crippen molar-refractivity contribution < 1.29 is 9.59 Å². The zero-order valence-electron chi connectivity index (χ0n) is 13.3. The number of likely N-dealkylation sites (tertiary alicyclic amines) is 1. The van der Waals surface area contributed by atoms with Gasteiger partial charge in [0.05, 0.1) is 5.75 Å². The number of nitrogens with zero attached hydrogens (tertiary/aromatic N) is 4. The van der Waals surface area contributed by atoms with Gasteiger partial charge in [0.25, 0.3) is 0 Å². The lowest BCUT2D eigenvalue weighted by atomic mass is 9.98. The van der Waals surface area contributed by atoms with E-state index in [2.05, 4.69) is 24.0 Å². The van der Waals surface area contributed by atoms with Gasteiger partial charge in [0.2, 0.25) is 11.8 Å². The third-order valence-corrected chi connectivity index (χ3v) is 4.97. The van der Waals surface area contributed by atoms with Crippen LogP contribution in [0.25, 0.3) is 0 Å². The molecule has 0 saturated carbocycles. The molecule has 0 bridgehead atoms. The third-order valence-electron chi connectivity index (χ3n) is 4.02. The first-order valence-electron chi connectivity index (χ1n) is 7.52. The van der Waals surface area contributed by atoms with Crippen LogP contribution < -0.4 is 5.73 Å². The summed E-state index contributed by atoms with van der Waals surface area (Å²) in [4.78, 5) is 25.6. The van der Waals surface area contributed by atoms with Crippen molar-refractivity contribution in [3.8, 4) is 0 Å². The zero-order valence-corrected chi connectivity index (χ0v) is 14.1. The van der Waals surface area contributed by atoms with E-state index in [1.807, 2.05) is 4.90 Å². The fraction of sp³-hybridized carbons (Fsp3) is 0.714. The maximum atomic E-state index is 12.5. The number of hydrogen-bond donors (Lipinski definition) is 1. The molecule has 2 heterocycles. The third kappa shape index (κ3) is 3.79. The van der Waals surface area contributed by atoms with Crippen molar-refractivity contribution in [3.63, 3.8) is 0 Å². The van der Waals surface area contributed by atoms with Crippen LogP contribution in [0.2, 0.25) is 0 Å².